The summed E-state index contributed by atoms with van der Waals surface area (Å²) in [7, 11) is 2.02. The molecule has 1 aromatic carbocycles. The van der Waals surface area contributed by atoms with Crippen LogP contribution in [0.4, 0.5) is 0 Å². The molecule has 16 heavy (non-hydrogen) atoms. The standard InChI is InChI=1S/C13H18BrNO/c1-15-12-7-4-8-13(12)16-9-10-5-2-3-6-11(10)14/h2-3,5-6,12-13,15H,4,7-9H2,1H3. The molecule has 3 heteroatoms. The predicted molar refractivity (Wildman–Crippen MR) is 69.4 cm³/mol. The van der Waals surface area contributed by atoms with Gasteiger partial charge in [0.05, 0.1) is 12.7 Å². The zero-order chi connectivity index (χ0) is 11.4. The number of rotatable bonds is 4. The summed E-state index contributed by atoms with van der Waals surface area (Å²) in [6.45, 7) is 0.699. The largest absolute Gasteiger partial charge is 0.372 e. The summed E-state index contributed by atoms with van der Waals surface area (Å²) < 4.78 is 7.11. The summed E-state index contributed by atoms with van der Waals surface area (Å²) in [4.78, 5) is 0. The zero-order valence-electron chi connectivity index (χ0n) is 9.58. The lowest BCUT2D eigenvalue weighted by atomic mass is 10.2. The first-order chi connectivity index (χ1) is 7.81. The average molecular weight is 284 g/mol. The molecule has 2 atom stereocenters. The molecule has 1 saturated carbocycles. The van der Waals surface area contributed by atoms with Crippen molar-refractivity contribution >= 4 is 15.9 Å². The van der Waals surface area contributed by atoms with Crippen LogP contribution in [0.15, 0.2) is 28.7 Å². The van der Waals surface area contributed by atoms with E-state index in [9.17, 15) is 0 Å². The Morgan fingerprint density at radius 1 is 1.38 bits per heavy atom. The van der Waals surface area contributed by atoms with Crippen LogP contribution in [0, 0.1) is 0 Å². The molecule has 0 amide bonds. The Morgan fingerprint density at radius 3 is 2.94 bits per heavy atom. The van der Waals surface area contributed by atoms with Crippen molar-refractivity contribution < 1.29 is 4.74 Å². The Morgan fingerprint density at radius 2 is 2.19 bits per heavy atom. The van der Waals surface area contributed by atoms with Crippen LogP contribution in [-0.2, 0) is 11.3 Å². The summed E-state index contributed by atoms with van der Waals surface area (Å²) in [5.74, 6) is 0. The van der Waals surface area contributed by atoms with E-state index in [1.165, 1.54) is 24.8 Å². The third-order valence-electron chi connectivity index (χ3n) is 3.23. The number of ether oxygens (including phenoxy) is 1. The van der Waals surface area contributed by atoms with Gasteiger partial charge in [0.1, 0.15) is 0 Å². The SMILES string of the molecule is CNC1CCCC1OCc1ccccc1Br. The Bertz CT molecular complexity index is 342. The van der Waals surface area contributed by atoms with Crippen LogP contribution >= 0.6 is 15.9 Å². The molecule has 0 aromatic heterocycles. The van der Waals surface area contributed by atoms with Gasteiger partial charge in [-0.1, -0.05) is 34.1 Å². The predicted octanol–water partition coefficient (Wildman–Crippen LogP) is 3.11. The molecule has 1 N–H and O–H groups in total. The van der Waals surface area contributed by atoms with E-state index >= 15 is 0 Å². The highest BCUT2D eigenvalue weighted by molar-refractivity contribution is 9.10. The van der Waals surface area contributed by atoms with Crippen molar-refractivity contribution in [3.8, 4) is 0 Å². The molecule has 0 bridgehead atoms. The average Bonchev–Trinajstić information content (AvgIpc) is 2.75. The fraction of sp³-hybridized carbons (Fsp3) is 0.538. The lowest BCUT2D eigenvalue weighted by Gasteiger charge is -2.19. The molecule has 0 aliphatic heterocycles. The van der Waals surface area contributed by atoms with Crippen LogP contribution < -0.4 is 5.32 Å². The molecular formula is C13H18BrNO. The lowest BCUT2D eigenvalue weighted by Crippen LogP contribution is -2.34. The summed E-state index contributed by atoms with van der Waals surface area (Å²) in [5, 5.41) is 3.33. The summed E-state index contributed by atoms with van der Waals surface area (Å²) in [6, 6.07) is 8.77. The van der Waals surface area contributed by atoms with E-state index in [-0.39, 0.29) is 0 Å². The van der Waals surface area contributed by atoms with Gasteiger partial charge in [0.2, 0.25) is 0 Å². The number of hydrogen-bond acceptors (Lipinski definition) is 2. The van der Waals surface area contributed by atoms with E-state index in [4.69, 9.17) is 4.74 Å². The van der Waals surface area contributed by atoms with Crippen LogP contribution in [0.3, 0.4) is 0 Å². The molecule has 0 heterocycles. The maximum absolute atomic E-state index is 5.98. The molecular weight excluding hydrogens is 266 g/mol. The molecule has 1 fully saturated rings. The van der Waals surface area contributed by atoms with Crippen LogP contribution in [0.25, 0.3) is 0 Å². The Hall–Kier alpha value is -0.380. The first kappa shape index (κ1) is 12.1. The van der Waals surface area contributed by atoms with Crippen LogP contribution in [0.2, 0.25) is 0 Å². The minimum atomic E-state index is 0.372. The summed E-state index contributed by atoms with van der Waals surface area (Å²) >= 11 is 3.54. The number of likely N-dealkylation sites (N-methyl/N-ethyl adjacent to an activating group) is 1. The van der Waals surface area contributed by atoms with Gasteiger partial charge in [-0.15, -0.1) is 0 Å². The number of halogens is 1. The fourth-order valence-corrected chi connectivity index (χ4v) is 2.67. The lowest BCUT2D eigenvalue weighted by molar-refractivity contribution is 0.0292. The maximum atomic E-state index is 5.98. The van der Waals surface area contributed by atoms with Crippen LogP contribution in [0.5, 0.6) is 0 Å². The summed E-state index contributed by atoms with van der Waals surface area (Å²) in [5.41, 5.74) is 1.23. The van der Waals surface area contributed by atoms with Gasteiger partial charge < -0.3 is 10.1 Å². The van der Waals surface area contributed by atoms with Crippen molar-refractivity contribution in [2.24, 2.45) is 0 Å². The van der Waals surface area contributed by atoms with E-state index in [0.29, 0.717) is 18.8 Å². The van der Waals surface area contributed by atoms with Crippen LogP contribution in [0.1, 0.15) is 24.8 Å². The van der Waals surface area contributed by atoms with E-state index in [1.807, 2.05) is 19.2 Å². The van der Waals surface area contributed by atoms with Gasteiger partial charge in [-0.25, -0.2) is 0 Å². The van der Waals surface area contributed by atoms with E-state index in [0.717, 1.165) is 4.47 Å². The highest BCUT2D eigenvalue weighted by atomic mass is 79.9. The van der Waals surface area contributed by atoms with Gasteiger partial charge in [0.25, 0.3) is 0 Å². The van der Waals surface area contributed by atoms with Gasteiger partial charge in [0.15, 0.2) is 0 Å². The molecule has 1 aliphatic carbocycles. The highest BCUT2D eigenvalue weighted by Crippen LogP contribution is 2.24. The Balaban J connectivity index is 1.90. The van der Waals surface area contributed by atoms with Gasteiger partial charge in [-0.2, -0.15) is 0 Å². The maximum Gasteiger partial charge on any atom is 0.0732 e. The summed E-state index contributed by atoms with van der Waals surface area (Å²) in [6.07, 6.45) is 4.05. The van der Waals surface area contributed by atoms with Gasteiger partial charge >= 0.3 is 0 Å². The first-order valence-corrected chi connectivity index (χ1v) is 6.63. The third kappa shape index (κ3) is 2.84. The molecule has 0 radical (unpaired) electrons. The van der Waals surface area contributed by atoms with Gasteiger partial charge in [0, 0.05) is 10.5 Å². The molecule has 2 nitrogen and oxygen atoms in total. The molecule has 1 aromatic rings. The molecule has 1 aliphatic rings. The second-order valence-corrected chi connectivity index (χ2v) is 5.12. The third-order valence-corrected chi connectivity index (χ3v) is 4.01. The molecule has 2 unspecified atom stereocenters. The molecule has 0 spiro atoms. The number of nitrogens with one attached hydrogen (secondary N) is 1. The highest BCUT2D eigenvalue weighted by Gasteiger charge is 2.26. The zero-order valence-corrected chi connectivity index (χ0v) is 11.2. The second-order valence-electron chi connectivity index (χ2n) is 4.27. The Kier molecular flexibility index (Phi) is 4.38. The van der Waals surface area contributed by atoms with Gasteiger partial charge in [-0.3, -0.25) is 0 Å². The second kappa shape index (κ2) is 5.80. The number of hydrogen-bond donors (Lipinski definition) is 1. The quantitative estimate of drug-likeness (QED) is 0.917. The molecule has 0 saturated heterocycles. The van der Waals surface area contributed by atoms with Crippen LogP contribution in [-0.4, -0.2) is 19.2 Å². The van der Waals surface area contributed by atoms with Gasteiger partial charge in [-0.05, 0) is 37.9 Å². The van der Waals surface area contributed by atoms with Crippen molar-refractivity contribution in [2.75, 3.05) is 7.05 Å². The Labute approximate surface area is 106 Å². The minimum absolute atomic E-state index is 0.372. The minimum Gasteiger partial charge on any atom is -0.372 e. The van der Waals surface area contributed by atoms with Crippen molar-refractivity contribution in [3.63, 3.8) is 0 Å². The van der Waals surface area contributed by atoms with Crippen molar-refractivity contribution in [2.45, 2.75) is 38.0 Å². The van der Waals surface area contributed by atoms with E-state index in [1.54, 1.807) is 0 Å². The topological polar surface area (TPSA) is 21.3 Å². The first-order valence-electron chi connectivity index (χ1n) is 5.83. The van der Waals surface area contributed by atoms with E-state index < -0.39 is 0 Å². The van der Waals surface area contributed by atoms with Crippen molar-refractivity contribution in [1.82, 2.24) is 5.32 Å². The van der Waals surface area contributed by atoms with Crippen molar-refractivity contribution in [1.29, 1.82) is 0 Å². The smallest absolute Gasteiger partial charge is 0.0732 e. The fourth-order valence-electron chi connectivity index (χ4n) is 2.27. The van der Waals surface area contributed by atoms with Crippen molar-refractivity contribution in [3.05, 3.63) is 34.3 Å². The number of benzene rings is 1. The molecule has 88 valence electrons. The van der Waals surface area contributed by atoms with E-state index in [2.05, 4.69) is 33.4 Å². The molecule has 2 rings (SSSR count). The normalized spacial score (nSPS) is 24.9. The monoisotopic (exact) mass is 283 g/mol.